The summed E-state index contributed by atoms with van der Waals surface area (Å²) in [4.78, 5) is 15.7. The van der Waals surface area contributed by atoms with E-state index in [0.717, 1.165) is 0 Å². The Hall–Kier alpha value is -1.58. The molecule has 0 aromatic carbocycles. The lowest BCUT2D eigenvalue weighted by molar-refractivity contribution is -0.00622. The van der Waals surface area contributed by atoms with Gasteiger partial charge < -0.3 is 4.74 Å². The number of rotatable bonds is 1. The van der Waals surface area contributed by atoms with Gasteiger partial charge in [-0.05, 0) is 26.8 Å². The molecular formula is C11H15NO3. The molecular weight excluding hydrogens is 194 g/mol. The Balaban J connectivity index is 2.40. The van der Waals surface area contributed by atoms with Crippen molar-refractivity contribution < 1.29 is 14.4 Å². The Kier molecular flexibility index (Phi) is 3.66. The van der Waals surface area contributed by atoms with Crippen molar-refractivity contribution in [2.45, 2.75) is 32.8 Å². The second-order valence-electron chi connectivity index (χ2n) is 4.13. The molecule has 0 aromatic rings. The van der Waals surface area contributed by atoms with Gasteiger partial charge in [-0.25, -0.2) is 4.79 Å². The second kappa shape index (κ2) is 4.77. The van der Waals surface area contributed by atoms with Gasteiger partial charge in [-0.3, -0.25) is 4.84 Å². The molecule has 0 unspecified atom stereocenters. The quantitative estimate of drug-likeness (QED) is 0.379. The Labute approximate surface area is 89.2 Å². The van der Waals surface area contributed by atoms with Gasteiger partial charge in [0.05, 0.1) is 5.71 Å². The third kappa shape index (κ3) is 5.00. The van der Waals surface area contributed by atoms with Crippen LogP contribution < -0.4 is 0 Å². The molecule has 0 radical (unpaired) electrons. The molecule has 0 bridgehead atoms. The highest BCUT2D eigenvalue weighted by Gasteiger charge is 2.17. The smallest absolute Gasteiger partial charge is 0.427 e. The first-order valence-corrected chi connectivity index (χ1v) is 4.77. The van der Waals surface area contributed by atoms with Gasteiger partial charge in [-0.15, -0.1) is 0 Å². The molecule has 0 saturated carbocycles. The van der Waals surface area contributed by atoms with Gasteiger partial charge in [0.1, 0.15) is 5.60 Å². The predicted octanol–water partition coefficient (Wildman–Crippen LogP) is 2.81. The fourth-order valence-electron chi connectivity index (χ4n) is 0.934. The van der Waals surface area contributed by atoms with Crippen molar-refractivity contribution in [2.75, 3.05) is 0 Å². The summed E-state index contributed by atoms with van der Waals surface area (Å²) in [6.07, 6.45) is 7.34. The van der Waals surface area contributed by atoms with Crippen LogP contribution in [0.3, 0.4) is 0 Å². The van der Waals surface area contributed by atoms with E-state index in [4.69, 9.17) is 4.74 Å². The lowest BCUT2D eigenvalue weighted by atomic mass is 10.2. The van der Waals surface area contributed by atoms with Gasteiger partial charge in [-0.1, -0.05) is 23.4 Å². The molecule has 15 heavy (non-hydrogen) atoms. The number of hydrogen-bond donors (Lipinski definition) is 0. The summed E-state index contributed by atoms with van der Waals surface area (Å²) in [5, 5.41) is 3.67. The Morgan fingerprint density at radius 2 is 2.13 bits per heavy atom. The fraction of sp³-hybridized carbons (Fsp3) is 0.455. The van der Waals surface area contributed by atoms with E-state index in [1.54, 1.807) is 26.8 Å². The van der Waals surface area contributed by atoms with Crippen LogP contribution in [0, 0.1) is 0 Å². The van der Waals surface area contributed by atoms with Gasteiger partial charge in [0.2, 0.25) is 0 Å². The molecule has 0 heterocycles. The highest BCUT2D eigenvalue weighted by molar-refractivity contribution is 5.97. The van der Waals surface area contributed by atoms with E-state index in [0.29, 0.717) is 12.1 Å². The van der Waals surface area contributed by atoms with Gasteiger partial charge in [0, 0.05) is 6.42 Å². The van der Waals surface area contributed by atoms with Gasteiger partial charge in [0.15, 0.2) is 0 Å². The van der Waals surface area contributed by atoms with Crippen molar-refractivity contribution in [3.8, 4) is 0 Å². The lowest BCUT2D eigenvalue weighted by Crippen LogP contribution is -2.23. The minimum atomic E-state index is -0.780. The molecule has 0 aliphatic heterocycles. The van der Waals surface area contributed by atoms with E-state index < -0.39 is 11.8 Å². The third-order valence-electron chi connectivity index (χ3n) is 1.49. The zero-order valence-corrected chi connectivity index (χ0v) is 9.19. The van der Waals surface area contributed by atoms with E-state index in [1.165, 1.54) is 0 Å². The summed E-state index contributed by atoms with van der Waals surface area (Å²) in [6, 6.07) is 0. The van der Waals surface area contributed by atoms with Crippen molar-refractivity contribution in [3.05, 3.63) is 24.3 Å². The fourth-order valence-corrected chi connectivity index (χ4v) is 0.934. The molecule has 0 saturated heterocycles. The molecule has 0 atom stereocenters. The molecule has 82 valence electrons. The van der Waals surface area contributed by atoms with Crippen LogP contribution in [0.25, 0.3) is 0 Å². The van der Waals surface area contributed by atoms with E-state index >= 15 is 0 Å². The predicted molar refractivity (Wildman–Crippen MR) is 57.7 cm³/mol. The summed E-state index contributed by atoms with van der Waals surface area (Å²) in [5.74, 6) is 0. The number of oxime groups is 1. The summed E-state index contributed by atoms with van der Waals surface area (Å²) < 4.78 is 4.92. The maximum Gasteiger partial charge on any atom is 0.535 e. The first-order valence-electron chi connectivity index (χ1n) is 4.77. The SMILES string of the molecule is CC(C)(C)OC(=O)ON=C1C=CC=CC1. The second-order valence-corrected chi connectivity index (χ2v) is 4.13. The molecule has 1 rings (SSSR count). The average Bonchev–Trinajstić information content (AvgIpc) is 2.14. The van der Waals surface area contributed by atoms with Crippen molar-refractivity contribution in [1.82, 2.24) is 0 Å². The van der Waals surface area contributed by atoms with Crippen LogP contribution in [0.2, 0.25) is 0 Å². The summed E-state index contributed by atoms with van der Waals surface area (Å²) in [6.45, 7) is 5.31. The van der Waals surface area contributed by atoms with E-state index in [9.17, 15) is 4.79 Å². The normalized spacial score (nSPS) is 17.9. The number of ether oxygens (including phenoxy) is 1. The highest BCUT2D eigenvalue weighted by atomic mass is 16.8. The summed E-state index contributed by atoms with van der Waals surface area (Å²) >= 11 is 0. The number of hydrogen-bond acceptors (Lipinski definition) is 4. The summed E-state index contributed by atoms with van der Waals surface area (Å²) in [7, 11) is 0. The van der Waals surface area contributed by atoms with Crippen molar-refractivity contribution in [1.29, 1.82) is 0 Å². The van der Waals surface area contributed by atoms with Crippen molar-refractivity contribution in [3.63, 3.8) is 0 Å². The molecule has 0 N–H and O–H groups in total. The summed E-state index contributed by atoms with van der Waals surface area (Å²) in [5.41, 5.74) is 0.142. The molecule has 1 aliphatic rings. The topological polar surface area (TPSA) is 47.9 Å². The highest BCUT2D eigenvalue weighted by Crippen LogP contribution is 2.08. The maximum atomic E-state index is 11.1. The van der Waals surface area contributed by atoms with Crippen LogP contribution in [-0.2, 0) is 9.57 Å². The number of allylic oxidation sites excluding steroid dienone is 4. The average molecular weight is 209 g/mol. The third-order valence-corrected chi connectivity index (χ3v) is 1.49. The number of nitrogens with zero attached hydrogens (tertiary/aromatic N) is 1. The monoisotopic (exact) mass is 209 g/mol. The minimum Gasteiger partial charge on any atom is -0.427 e. The first kappa shape index (κ1) is 11.5. The van der Waals surface area contributed by atoms with Crippen LogP contribution in [0.15, 0.2) is 29.5 Å². The molecule has 0 amide bonds. The lowest BCUT2D eigenvalue weighted by Gasteiger charge is -2.17. The Bertz CT molecular complexity index is 321. The Morgan fingerprint density at radius 1 is 1.40 bits per heavy atom. The standard InChI is InChI=1S/C11H15NO3/c1-11(2,3)14-10(13)15-12-9-7-5-4-6-8-9/h4-7H,8H2,1-3H3. The van der Waals surface area contributed by atoms with Crippen molar-refractivity contribution >= 4 is 11.9 Å². The largest absolute Gasteiger partial charge is 0.535 e. The van der Waals surface area contributed by atoms with E-state index in [-0.39, 0.29) is 0 Å². The van der Waals surface area contributed by atoms with Crippen LogP contribution in [0.4, 0.5) is 4.79 Å². The molecule has 0 aromatic heterocycles. The number of carbonyl (C=O) groups is 1. The molecule has 1 aliphatic carbocycles. The van der Waals surface area contributed by atoms with Gasteiger partial charge in [-0.2, -0.15) is 0 Å². The van der Waals surface area contributed by atoms with Gasteiger partial charge in [0.25, 0.3) is 0 Å². The first-order chi connectivity index (χ1) is 6.97. The van der Waals surface area contributed by atoms with Crippen LogP contribution >= 0.6 is 0 Å². The van der Waals surface area contributed by atoms with Crippen LogP contribution in [0.1, 0.15) is 27.2 Å². The van der Waals surface area contributed by atoms with Crippen molar-refractivity contribution in [2.24, 2.45) is 5.16 Å². The van der Waals surface area contributed by atoms with Crippen LogP contribution in [-0.4, -0.2) is 17.5 Å². The Morgan fingerprint density at radius 3 is 2.67 bits per heavy atom. The molecule has 4 heteroatoms. The molecule has 0 fully saturated rings. The minimum absolute atomic E-state index is 0.556. The van der Waals surface area contributed by atoms with E-state index in [2.05, 4.69) is 9.99 Å². The van der Waals surface area contributed by atoms with Gasteiger partial charge >= 0.3 is 6.16 Å². The molecule has 4 nitrogen and oxygen atoms in total. The zero-order chi connectivity index (χ0) is 11.3. The van der Waals surface area contributed by atoms with Crippen LogP contribution in [0.5, 0.6) is 0 Å². The maximum absolute atomic E-state index is 11.1. The zero-order valence-electron chi connectivity index (χ0n) is 9.19. The number of carbonyl (C=O) groups excluding carboxylic acids is 1. The van der Waals surface area contributed by atoms with E-state index in [1.807, 2.05) is 18.2 Å². The molecule has 0 spiro atoms.